The van der Waals surface area contributed by atoms with Crippen molar-refractivity contribution in [2.24, 2.45) is 4.99 Å². The molecule has 4 heteroatoms. The van der Waals surface area contributed by atoms with E-state index in [9.17, 15) is 5.11 Å². The van der Waals surface area contributed by atoms with Gasteiger partial charge in [0.1, 0.15) is 5.75 Å². The summed E-state index contributed by atoms with van der Waals surface area (Å²) in [6.07, 6.45) is 3.55. The van der Waals surface area contributed by atoms with Crippen molar-refractivity contribution in [2.45, 2.75) is 0 Å². The largest absolute Gasteiger partial charge is 0.507 e. The normalized spacial score (nSPS) is 10.8. The van der Waals surface area contributed by atoms with Gasteiger partial charge in [0.25, 0.3) is 0 Å². The van der Waals surface area contributed by atoms with Crippen LogP contribution in [0.1, 0.15) is 11.1 Å². The second-order valence-electron chi connectivity index (χ2n) is 3.83. The number of aliphatic imine (C=N–C) groups is 1. The maximum Gasteiger partial charge on any atom is 0.133 e. The van der Waals surface area contributed by atoms with E-state index in [4.69, 9.17) is 12.2 Å². The lowest BCUT2D eigenvalue weighted by atomic mass is 10.1. The molecule has 2 aromatic rings. The molecule has 2 aromatic carbocycles. The molecule has 0 unspecified atom stereocenters. The number of benzene rings is 2. The number of phenols is 1. The van der Waals surface area contributed by atoms with Crippen molar-refractivity contribution in [3.8, 4) is 5.75 Å². The van der Waals surface area contributed by atoms with Crippen LogP contribution in [-0.4, -0.2) is 21.8 Å². The Labute approximate surface area is 122 Å². The van der Waals surface area contributed by atoms with Crippen LogP contribution in [-0.2, 0) is 0 Å². The minimum atomic E-state index is 0.182. The predicted octanol–water partition coefficient (Wildman–Crippen LogP) is 4.18. The number of thioether (sulfide) groups is 1. The minimum absolute atomic E-state index is 0.182. The third-order valence-electron chi connectivity index (χ3n) is 2.58. The van der Waals surface area contributed by atoms with Crippen LogP contribution in [0.5, 0.6) is 5.75 Å². The van der Waals surface area contributed by atoms with Gasteiger partial charge in [-0.1, -0.05) is 36.5 Å². The van der Waals surface area contributed by atoms with Gasteiger partial charge < -0.3 is 5.11 Å². The van der Waals surface area contributed by atoms with Crippen LogP contribution in [0.3, 0.4) is 0 Å². The Morgan fingerprint density at radius 3 is 2.58 bits per heavy atom. The zero-order chi connectivity index (χ0) is 13.7. The fourth-order valence-electron chi connectivity index (χ4n) is 1.60. The molecule has 0 aromatic heterocycles. The number of aromatic hydroxyl groups is 1. The zero-order valence-corrected chi connectivity index (χ0v) is 12.0. The number of rotatable bonds is 3. The Balaban J connectivity index is 2.31. The summed E-state index contributed by atoms with van der Waals surface area (Å²) in [6.45, 7) is 0. The van der Waals surface area contributed by atoms with Crippen LogP contribution in [0, 0.1) is 0 Å². The lowest BCUT2D eigenvalue weighted by Gasteiger charge is -2.06. The maximum atomic E-state index is 10.2. The lowest BCUT2D eigenvalue weighted by molar-refractivity contribution is 0.473. The van der Waals surface area contributed by atoms with Gasteiger partial charge in [0.2, 0.25) is 0 Å². The standard InChI is InChI=1S/C15H13NOS2/c1-19-15(18)13-9-5-6-11(14(13)17)10-16-12-7-3-2-4-8-12/h2-10,17H,1H3/b16-10+. The van der Waals surface area contributed by atoms with Crippen LogP contribution in [0.2, 0.25) is 0 Å². The second kappa shape index (κ2) is 6.50. The third-order valence-corrected chi connectivity index (χ3v) is 3.89. The van der Waals surface area contributed by atoms with Gasteiger partial charge in [-0.3, -0.25) is 4.99 Å². The first-order valence-electron chi connectivity index (χ1n) is 5.72. The summed E-state index contributed by atoms with van der Waals surface area (Å²) in [7, 11) is 0. The number of para-hydroxylation sites is 2. The highest BCUT2D eigenvalue weighted by atomic mass is 32.2. The quantitative estimate of drug-likeness (QED) is 0.679. The van der Waals surface area contributed by atoms with E-state index in [0.717, 1.165) is 5.69 Å². The van der Waals surface area contributed by atoms with E-state index in [1.807, 2.05) is 54.8 Å². The number of hydrogen-bond acceptors (Lipinski definition) is 4. The Hall–Kier alpha value is -1.65. The van der Waals surface area contributed by atoms with Gasteiger partial charge >= 0.3 is 0 Å². The molecule has 2 rings (SSSR count). The molecule has 2 nitrogen and oxygen atoms in total. The molecule has 0 radical (unpaired) electrons. The summed E-state index contributed by atoms with van der Waals surface area (Å²) in [4.78, 5) is 4.33. The first kappa shape index (κ1) is 13.8. The van der Waals surface area contributed by atoms with Crippen LogP contribution < -0.4 is 0 Å². The summed E-state index contributed by atoms with van der Waals surface area (Å²) < 4.78 is 0.674. The second-order valence-corrected chi connectivity index (χ2v) is 5.31. The molecule has 0 aliphatic rings. The number of phenolic OH excluding ortho intramolecular Hbond substituents is 1. The van der Waals surface area contributed by atoms with E-state index in [1.54, 1.807) is 6.21 Å². The Kier molecular flexibility index (Phi) is 4.71. The predicted molar refractivity (Wildman–Crippen MR) is 87.0 cm³/mol. The SMILES string of the molecule is CSC(=S)c1cccc(/C=N/c2ccccc2)c1O. The first-order chi connectivity index (χ1) is 9.22. The van der Waals surface area contributed by atoms with E-state index in [2.05, 4.69) is 4.99 Å². The average molecular weight is 287 g/mol. The molecule has 0 saturated heterocycles. The molecule has 0 saturated carbocycles. The van der Waals surface area contributed by atoms with Gasteiger partial charge in [-0.2, -0.15) is 0 Å². The Bertz CT molecular complexity index is 609. The smallest absolute Gasteiger partial charge is 0.133 e. The van der Waals surface area contributed by atoms with Crippen molar-refractivity contribution in [1.29, 1.82) is 0 Å². The number of thiocarbonyl (C=S) groups is 1. The minimum Gasteiger partial charge on any atom is -0.507 e. The van der Waals surface area contributed by atoms with E-state index in [0.29, 0.717) is 15.3 Å². The molecule has 96 valence electrons. The number of nitrogens with zero attached hydrogens (tertiary/aromatic N) is 1. The van der Waals surface area contributed by atoms with Crippen molar-refractivity contribution in [2.75, 3.05) is 6.26 Å². The summed E-state index contributed by atoms with van der Waals surface area (Å²) in [6, 6.07) is 15.1. The number of hydrogen-bond donors (Lipinski definition) is 1. The average Bonchev–Trinajstić information content (AvgIpc) is 2.46. The fourth-order valence-corrected chi connectivity index (χ4v) is 2.15. The molecule has 0 amide bonds. The molecule has 0 aliphatic carbocycles. The summed E-state index contributed by atoms with van der Waals surface area (Å²) in [5.74, 6) is 0.182. The first-order valence-corrected chi connectivity index (χ1v) is 7.35. The van der Waals surface area contributed by atoms with Gasteiger partial charge in [0.15, 0.2) is 0 Å². The maximum absolute atomic E-state index is 10.2. The highest BCUT2D eigenvalue weighted by Crippen LogP contribution is 2.25. The molecule has 0 atom stereocenters. The molecule has 0 aliphatic heterocycles. The Morgan fingerprint density at radius 2 is 1.89 bits per heavy atom. The van der Waals surface area contributed by atoms with Crippen molar-refractivity contribution in [1.82, 2.24) is 0 Å². The third kappa shape index (κ3) is 3.43. The van der Waals surface area contributed by atoms with Crippen molar-refractivity contribution < 1.29 is 5.11 Å². The Morgan fingerprint density at radius 1 is 1.16 bits per heavy atom. The lowest BCUT2D eigenvalue weighted by Crippen LogP contribution is -1.94. The monoisotopic (exact) mass is 287 g/mol. The molecule has 0 fully saturated rings. The zero-order valence-electron chi connectivity index (χ0n) is 10.4. The molecule has 1 N–H and O–H groups in total. The molecule has 0 spiro atoms. The van der Waals surface area contributed by atoms with Crippen LogP contribution in [0.25, 0.3) is 0 Å². The van der Waals surface area contributed by atoms with Gasteiger partial charge in [-0.05, 0) is 30.5 Å². The molecule has 19 heavy (non-hydrogen) atoms. The molecule has 0 heterocycles. The van der Waals surface area contributed by atoms with E-state index >= 15 is 0 Å². The van der Waals surface area contributed by atoms with Gasteiger partial charge in [-0.15, -0.1) is 11.8 Å². The van der Waals surface area contributed by atoms with Crippen LogP contribution in [0.15, 0.2) is 53.5 Å². The fraction of sp³-hybridized carbons (Fsp3) is 0.0667. The van der Waals surface area contributed by atoms with Crippen molar-refractivity contribution in [3.05, 3.63) is 59.7 Å². The molecule has 0 bridgehead atoms. The van der Waals surface area contributed by atoms with Crippen molar-refractivity contribution >= 4 is 40.1 Å². The van der Waals surface area contributed by atoms with Crippen LogP contribution >= 0.6 is 24.0 Å². The van der Waals surface area contributed by atoms with Gasteiger partial charge in [0.05, 0.1) is 9.88 Å². The van der Waals surface area contributed by atoms with E-state index < -0.39 is 0 Å². The summed E-state index contributed by atoms with van der Waals surface area (Å²) >= 11 is 6.65. The summed E-state index contributed by atoms with van der Waals surface area (Å²) in [5, 5.41) is 10.2. The molecular formula is C15H13NOS2. The van der Waals surface area contributed by atoms with Crippen molar-refractivity contribution in [3.63, 3.8) is 0 Å². The van der Waals surface area contributed by atoms with Gasteiger partial charge in [-0.25, -0.2) is 0 Å². The van der Waals surface area contributed by atoms with Gasteiger partial charge in [0, 0.05) is 17.3 Å². The highest BCUT2D eigenvalue weighted by Gasteiger charge is 2.08. The van der Waals surface area contributed by atoms with Crippen LogP contribution in [0.4, 0.5) is 5.69 Å². The molecular weight excluding hydrogens is 274 g/mol. The topological polar surface area (TPSA) is 32.6 Å². The summed E-state index contributed by atoms with van der Waals surface area (Å²) in [5.41, 5.74) is 2.19. The highest BCUT2D eigenvalue weighted by molar-refractivity contribution is 8.23. The van der Waals surface area contributed by atoms with E-state index in [-0.39, 0.29) is 5.75 Å². The van der Waals surface area contributed by atoms with E-state index in [1.165, 1.54) is 11.8 Å².